The number of benzene rings is 2. The number of aliphatic carboxylic acids is 1. The van der Waals surface area contributed by atoms with Crippen LogP contribution in [0.3, 0.4) is 0 Å². The molecular weight excluding hydrogens is 468 g/mol. The minimum absolute atomic E-state index is 0.0145. The quantitative estimate of drug-likeness (QED) is 0.355. The van der Waals surface area contributed by atoms with Gasteiger partial charge in [-0.25, -0.2) is 4.98 Å². The maximum atomic E-state index is 12.6. The van der Waals surface area contributed by atoms with Crippen LogP contribution in [0.25, 0.3) is 0 Å². The fourth-order valence-electron chi connectivity index (χ4n) is 5.26. The van der Waals surface area contributed by atoms with Crippen LogP contribution in [0, 0.1) is 6.92 Å². The summed E-state index contributed by atoms with van der Waals surface area (Å²) >= 11 is 0. The average molecular weight is 505 g/mol. The van der Waals surface area contributed by atoms with Gasteiger partial charge in [-0.2, -0.15) is 0 Å². The molecule has 0 unspecified atom stereocenters. The van der Waals surface area contributed by atoms with E-state index in [1.807, 2.05) is 43.3 Å². The van der Waals surface area contributed by atoms with Crippen molar-refractivity contribution < 1.29 is 23.8 Å². The Morgan fingerprint density at radius 2 is 1.81 bits per heavy atom. The topological polar surface area (TPSA) is 116 Å². The number of nitrogens with zero attached hydrogens (tertiary/aromatic N) is 1. The number of hydrogen-bond acceptors (Lipinski definition) is 5. The first-order valence-corrected chi connectivity index (χ1v) is 13.1. The van der Waals surface area contributed by atoms with E-state index in [1.54, 1.807) is 6.07 Å². The van der Waals surface area contributed by atoms with Crippen LogP contribution >= 0.6 is 0 Å². The van der Waals surface area contributed by atoms with Crippen molar-refractivity contribution in [1.29, 1.82) is 0 Å². The van der Waals surface area contributed by atoms with Crippen LogP contribution in [0.4, 0.5) is 0 Å². The standard InChI is InChI=1S/C30H36N2O5/c1-20-24(32-29(37-20)30(2)16-7-4-8-17-30)15-18-36-25-13-11-22(12-14-26(33)34)23(27(25)28(31)35)19-21-9-5-3-6-10-21/h3,5-6,9-11,13H,4,7-8,12,14-19H2,1-2H3,(H2,31,35)(H,33,34). The molecule has 1 aliphatic rings. The molecule has 37 heavy (non-hydrogen) atoms. The number of rotatable bonds is 11. The zero-order valence-corrected chi connectivity index (χ0v) is 21.7. The third kappa shape index (κ3) is 6.40. The molecule has 7 heteroatoms. The highest BCUT2D eigenvalue weighted by Crippen LogP contribution is 2.39. The van der Waals surface area contributed by atoms with Crippen LogP contribution in [0.5, 0.6) is 5.75 Å². The van der Waals surface area contributed by atoms with Crippen molar-refractivity contribution in [2.75, 3.05) is 6.61 Å². The fourth-order valence-corrected chi connectivity index (χ4v) is 5.26. The van der Waals surface area contributed by atoms with Crippen molar-refractivity contribution in [2.45, 2.75) is 77.0 Å². The van der Waals surface area contributed by atoms with E-state index in [-0.39, 0.29) is 11.8 Å². The largest absolute Gasteiger partial charge is 0.492 e. The molecule has 1 saturated carbocycles. The van der Waals surface area contributed by atoms with Gasteiger partial charge in [0.2, 0.25) is 5.89 Å². The second-order valence-corrected chi connectivity index (χ2v) is 10.2. The number of nitrogens with two attached hydrogens (primary N) is 1. The highest BCUT2D eigenvalue weighted by atomic mass is 16.5. The summed E-state index contributed by atoms with van der Waals surface area (Å²) in [4.78, 5) is 28.7. The molecule has 196 valence electrons. The lowest BCUT2D eigenvalue weighted by Crippen LogP contribution is -2.25. The van der Waals surface area contributed by atoms with Gasteiger partial charge < -0.3 is 20.0 Å². The van der Waals surface area contributed by atoms with E-state index in [0.29, 0.717) is 42.7 Å². The molecule has 0 bridgehead atoms. The van der Waals surface area contributed by atoms with Gasteiger partial charge in [0.1, 0.15) is 11.5 Å². The van der Waals surface area contributed by atoms with Crippen molar-refractivity contribution >= 4 is 11.9 Å². The van der Waals surface area contributed by atoms with E-state index < -0.39 is 11.9 Å². The van der Waals surface area contributed by atoms with Gasteiger partial charge in [-0.15, -0.1) is 0 Å². The van der Waals surface area contributed by atoms with Gasteiger partial charge in [0, 0.05) is 18.3 Å². The summed E-state index contributed by atoms with van der Waals surface area (Å²) in [6.45, 7) is 4.47. The lowest BCUT2D eigenvalue weighted by atomic mass is 9.76. The molecule has 3 aromatic rings. The molecule has 0 saturated heterocycles. The number of aromatic nitrogens is 1. The van der Waals surface area contributed by atoms with E-state index >= 15 is 0 Å². The average Bonchev–Trinajstić information content (AvgIpc) is 3.25. The van der Waals surface area contributed by atoms with E-state index in [4.69, 9.17) is 19.9 Å². The second-order valence-electron chi connectivity index (χ2n) is 10.2. The summed E-state index contributed by atoms with van der Waals surface area (Å²) in [5.74, 6) is 0.525. The van der Waals surface area contributed by atoms with Crippen molar-refractivity contribution in [3.05, 3.63) is 82.1 Å². The molecule has 7 nitrogen and oxygen atoms in total. The predicted octanol–water partition coefficient (Wildman–Crippen LogP) is 5.53. The Bertz CT molecular complexity index is 1240. The van der Waals surface area contributed by atoms with Gasteiger partial charge in [-0.3, -0.25) is 9.59 Å². The normalized spacial score (nSPS) is 14.9. The molecule has 2 aromatic carbocycles. The number of carbonyl (C=O) groups is 2. The Hall–Kier alpha value is -3.61. The smallest absolute Gasteiger partial charge is 0.303 e. The Balaban J connectivity index is 1.55. The monoisotopic (exact) mass is 504 g/mol. The minimum atomic E-state index is -0.893. The Kier molecular flexibility index (Phi) is 8.31. The first kappa shape index (κ1) is 26.5. The number of aryl methyl sites for hydroxylation is 2. The molecule has 1 aliphatic carbocycles. The lowest BCUT2D eigenvalue weighted by molar-refractivity contribution is -0.136. The summed E-state index contributed by atoms with van der Waals surface area (Å²) in [5.41, 5.74) is 9.49. The number of ether oxygens (including phenoxy) is 1. The van der Waals surface area contributed by atoms with Crippen molar-refractivity contribution in [1.82, 2.24) is 4.98 Å². The van der Waals surface area contributed by atoms with Crippen LogP contribution in [0.2, 0.25) is 0 Å². The molecule has 0 atom stereocenters. The minimum Gasteiger partial charge on any atom is -0.492 e. The van der Waals surface area contributed by atoms with Crippen LogP contribution in [0.15, 0.2) is 46.9 Å². The van der Waals surface area contributed by atoms with Gasteiger partial charge >= 0.3 is 5.97 Å². The number of carboxylic acids is 1. The van der Waals surface area contributed by atoms with Crippen molar-refractivity contribution in [3.63, 3.8) is 0 Å². The Morgan fingerprint density at radius 1 is 1.08 bits per heavy atom. The molecule has 4 rings (SSSR count). The molecule has 1 aromatic heterocycles. The van der Waals surface area contributed by atoms with Crippen LogP contribution < -0.4 is 10.5 Å². The number of amides is 1. The van der Waals surface area contributed by atoms with Gasteiger partial charge in [0.15, 0.2) is 0 Å². The number of carboxylic acid groups (broad SMARTS) is 1. The zero-order valence-electron chi connectivity index (χ0n) is 21.7. The van der Waals surface area contributed by atoms with Gasteiger partial charge in [-0.1, -0.05) is 62.6 Å². The SMILES string of the molecule is Cc1oc(C2(C)CCCCC2)nc1CCOc1ccc(CCC(=O)O)c(Cc2ccccc2)c1C(N)=O. The van der Waals surface area contributed by atoms with E-state index in [9.17, 15) is 14.7 Å². The fraction of sp³-hybridized carbons (Fsp3) is 0.433. The Morgan fingerprint density at radius 3 is 2.49 bits per heavy atom. The summed E-state index contributed by atoms with van der Waals surface area (Å²) < 4.78 is 12.2. The molecule has 3 N–H and O–H groups in total. The molecule has 1 amide bonds. The molecule has 0 aliphatic heterocycles. The van der Waals surface area contributed by atoms with E-state index in [0.717, 1.165) is 41.3 Å². The van der Waals surface area contributed by atoms with Crippen molar-refractivity contribution in [2.24, 2.45) is 5.73 Å². The van der Waals surface area contributed by atoms with Crippen LogP contribution in [-0.4, -0.2) is 28.6 Å². The molecule has 1 fully saturated rings. The summed E-state index contributed by atoms with van der Waals surface area (Å²) in [5, 5.41) is 9.21. The van der Waals surface area contributed by atoms with Crippen LogP contribution in [0.1, 0.15) is 89.8 Å². The highest BCUT2D eigenvalue weighted by Gasteiger charge is 2.34. The third-order valence-corrected chi connectivity index (χ3v) is 7.41. The van der Waals surface area contributed by atoms with Crippen LogP contribution in [-0.2, 0) is 29.5 Å². The third-order valence-electron chi connectivity index (χ3n) is 7.41. The lowest BCUT2D eigenvalue weighted by Gasteiger charge is -2.30. The van der Waals surface area contributed by atoms with E-state index in [1.165, 1.54) is 19.3 Å². The van der Waals surface area contributed by atoms with Gasteiger partial charge in [0.25, 0.3) is 5.91 Å². The summed E-state index contributed by atoms with van der Waals surface area (Å²) in [6.07, 6.45) is 7.09. The predicted molar refractivity (Wildman–Crippen MR) is 141 cm³/mol. The van der Waals surface area contributed by atoms with E-state index in [2.05, 4.69) is 6.92 Å². The molecule has 0 spiro atoms. The second kappa shape index (κ2) is 11.6. The summed E-state index contributed by atoms with van der Waals surface area (Å²) in [7, 11) is 0. The maximum Gasteiger partial charge on any atom is 0.303 e. The first-order chi connectivity index (χ1) is 17.8. The van der Waals surface area contributed by atoms with Crippen molar-refractivity contribution in [3.8, 4) is 5.75 Å². The maximum absolute atomic E-state index is 12.6. The molecular formula is C30H36N2O5. The molecule has 0 radical (unpaired) electrons. The molecule has 1 heterocycles. The Labute approximate surface area is 218 Å². The van der Waals surface area contributed by atoms with Gasteiger partial charge in [0.05, 0.1) is 17.9 Å². The zero-order chi connectivity index (χ0) is 26.4. The van der Waals surface area contributed by atoms with Gasteiger partial charge in [-0.05, 0) is 55.4 Å². The first-order valence-electron chi connectivity index (χ1n) is 13.1. The number of hydrogen-bond donors (Lipinski definition) is 2. The number of primary amides is 1. The number of oxazole rings is 1. The summed E-state index contributed by atoms with van der Waals surface area (Å²) in [6, 6.07) is 13.3. The highest BCUT2D eigenvalue weighted by molar-refractivity contribution is 5.97. The number of carbonyl (C=O) groups excluding carboxylic acids is 1.